The largest absolute Gasteiger partial charge is 0.573 e. The van der Waals surface area contributed by atoms with Crippen LogP contribution in [-0.4, -0.2) is 43.4 Å². The van der Waals surface area contributed by atoms with Crippen LogP contribution in [0.1, 0.15) is 26.2 Å². The number of nitrogens with zero attached hydrogens (tertiary/aromatic N) is 2. The van der Waals surface area contributed by atoms with E-state index in [0.29, 0.717) is 12.5 Å². The molecule has 5 nitrogen and oxygen atoms in total. The van der Waals surface area contributed by atoms with Crippen LogP contribution in [0.4, 0.5) is 18.9 Å². The Morgan fingerprint density at radius 3 is 2.64 bits per heavy atom. The number of halogens is 3. The molecule has 1 aliphatic heterocycles. The van der Waals surface area contributed by atoms with E-state index in [-0.39, 0.29) is 17.4 Å². The highest BCUT2D eigenvalue weighted by Crippen LogP contribution is 2.29. The number of rotatable bonds is 6. The number of benzene rings is 1. The van der Waals surface area contributed by atoms with Crippen molar-refractivity contribution < 1.29 is 17.9 Å². The third-order valence-electron chi connectivity index (χ3n) is 3.97. The number of aliphatic imine (C=N–C) groups is 1. The third-order valence-corrected chi connectivity index (χ3v) is 3.97. The van der Waals surface area contributed by atoms with E-state index in [9.17, 15) is 13.2 Å². The second-order valence-corrected chi connectivity index (χ2v) is 6.36. The lowest BCUT2D eigenvalue weighted by molar-refractivity contribution is -0.274. The van der Waals surface area contributed by atoms with Crippen molar-refractivity contribution in [2.75, 3.05) is 31.5 Å². The van der Waals surface area contributed by atoms with Gasteiger partial charge >= 0.3 is 6.36 Å². The van der Waals surface area contributed by atoms with Gasteiger partial charge in [0.25, 0.3) is 0 Å². The molecule has 0 aliphatic carbocycles. The highest BCUT2D eigenvalue weighted by Gasteiger charge is 2.32. The SMILES string of the molecule is CC(CN=C(N)Nc1ccccc1OC(F)(F)F)CN1CCCCC1. The van der Waals surface area contributed by atoms with Crippen molar-refractivity contribution in [2.24, 2.45) is 16.6 Å². The minimum Gasteiger partial charge on any atom is -0.404 e. The first-order valence-corrected chi connectivity index (χ1v) is 8.47. The van der Waals surface area contributed by atoms with Gasteiger partial charge in [-0.25, -0.2) is 0 Å². The van der Waals surface area contributed by atoms with E-state index < -0.39 is 6.36 Å². The van der Waals surface area contributed by atoms with Crippen molar-refractivity contribution in [3.8, 4) is 5.75 Å². The van der Waals surface area contributed by atoms with Crippen LogP contribution in [0, 0.1) is 5.92 Å². The topological polar surface area (TPSA) is 62.9 Å². The summed E-state index contributed by atoms with van der Waals surface area (Å²) in [6.07, 6.45) is -1.00. The minimum absolute atomic E-state index is 0.0729. The molecular formula is C17H25F3N4O. The molecule has 25 heavy (non-hydrogen) atoms. The molecule has 1 aromatic rings. The second kappa shape index (κ2) is 8.94. The van der Waals surface area contributed by atoms with Crippen molar-refractivity contribution in [3.05, 3.63) is 24.3 Å². The van der Waals surface area contributed by atoms with Gasteiger partial charge in [-0.2, -0.15) is 0 Å². The zero-order chi connectivity index (χ0) is 18.3. The van der Waals surface area contributed by atoms with E-state index in [1.54, 1.807) is 6.07 Å². The van der Waals surface area contributed by atoms with Gasteiger partial charge in [-0.15, -0.1) is 13.2 Å². The molecule has 1 fully saturated rings. The lowest BCUT2D eigenvalue weighted by Crippen LogP contribution is -2.34. The van der Waals surface area contributed by atoms with Gasteiger partial charge in [-0.1, -0.05) is 25.5 Å². The molecule has 0 saturated carbocycles. The summed E-state index contributed by atoms with van der Waals surface area (Å²) < 4.78 is 41.2. The average molecular weight is 358 g/mol. The van der Waals surface area contributed by atoms with Gasteiger partial charge < -0.3 is 20.7 Å². The van der Waals surface area contributed by atoms with Gasteiger partial charge in [-0.3, -0.25) is 4.99 Å². The van der Waals surface area contributed by atoms with Gasteiger partial charge in [0.05, 0.1) is 5.69 Å². The fourth-order valence-corrected chi connectivity index (χ4v) is 2.86. The number of hydrogen-bond acceptors (Lipinski definition) is 3. The smallest absolute Gasteiger partial charge is 0.404 e. The number of piperidine rings is 1. The van der Waals surface area contributed by atoms with Gasteiger partial charge in [0.1, 0.15) is 0 Å². The Bertz CT molecular complexity index is 571. The molecule has 0 bridgehead atoms. The van der Waals surface area contributed by atoms with Crippen molar-refractivity contribution in [3.63, 3.8) is 0 Å². The summed E-state index contributed by atoms with van der Waals surface area (Å²) in [5.74, 6) is 0.0540. The summed E-state index contributed by atoms with van der Waals surface area (Å²) in [6.45, 7) is 5.78. The number of para-hydroxylation sites is 2. The van der Waals surface area contributed by atoms with E-state index in [1.807, 2.05) is 0 Å². The summed E-state index contributed by atoms with van der Waals surface area (Å²) >= 11 is 0. The van der Waals surface area contributed by atoms with Gasteiger partial charge in [-0.05, 0) is 44.0 Å². The molecule has 0 amide bonds. The molecule has 1 heterocycles. The monoisotopic (exact) mass is 358 g/mol. The van der Waals surface area contributed by atoms with Crippen molar-refractivity contribution in [2.45, 2.75) is 32.5 Å². The summed E-state index contributed by atoms with van der Waals surface area (Å²) in [6, 6.07) is 5.74. The van der Waals surface area contributed by atoms with Crippen LogP contribution < -0.4 is 15.8 Å². The molecular weight excluding hydrogens is 333 g/mol. The number of nitrogens with one attached hydrogen (secondary N) is 1. The maximum Gasteiger partial charge on any atom is 0.573 e. The Balaban J connectivity index is 1.88. The van der Waals surface area contributed by atoms with E-state index in [2.05, 4.69) is 26.9 Å². The summed E-state index contributed by atoms with van der Waals surface area (Å²) in [5, 5.41) is 2.68. The highest BCUT2D eigenvalue weighted by atomic mass is 19.4. The Kier molecular flexibility index (Phi) is 6.92. The Hall–Kier alpha value is -1.96. The third kappa shape index (κ3) is 7.21. The minimum atomic E-state index is -4.76. The van der Waals surface area contributed by atoms with Crippen LogP contribution in [0.2, 0.25) is 0 Å². The average Bonchev–Trinajstić information content (AvgIpc) is 2.54. The molecule has 3 N–H and O–H groups in total. The van der Waals surface area contributed by atoms with Crippen molar-refractivity contribution in [1.82, 2.24) is 4.90 Å². The first kappa shape index (κ1) is 19.4. The van der Waals surface area contributed by atoms with Crippen LogP contribution in [-0.2, 0) is 0 Å². The van der Waals surface area contributed by atoms with E-state index in [1.165, 1.54) is 37.5 Å². The van der Waals surface area contributed by atoms with Gasteiger partial charge in [0, 0.05) is 13.1 Å². The molecule has 8 heteroatoms. The van der Waals surface area contributed by atoms with Crippen LogP contribution >= 0.6 is 0 Å². The van der Waals surface area contributed by atoms with Crippen LogP contribution in [0.25, 0.3) is 0 Å². The van der Waals surface area contributed by atoms with Crippen molar-refractivity contribution >= 4 is 11.6 Å². The molecule has 1 aliphatic rings. The van der Waals surface area contributed by atoms with Crippen LogP contribution in [0.3, 0.4) is 0 Å². The Morgan fingerprint density at radius 2 is 1.96 bits per heavy atom. The number of likely N-dealkylation sites (tertiary alicyclic amines) is 1. The maximum atomic E-state index is 12.4. The molecule has 140 valence electrons. The normalized spacial score (nSPS) is 18.0. The first-order valence-electron chi connectivity index (χ1n) is 8.47. The van der Waals surface area contributed by atoms with E-state index >= 15 is 0 Å². The summed E-state index contributed by atoms with van der Waals surface area (Å²) in [4.78, 5) is 6.66. The molecule has 0 spiro atoms. The summed E-state index contributed by atoms with van der Waals surface area (Å²) in [7, 11) is 0. The zero-order valence-electron chi connectivity index (χ0n) is 14.4. The fourth-order valence-electron chi connectivity index (χ4n) is 2.86. The van der Waals surface area contributed by atoms with Crippen LogP contribution in [0.5, 0.6) is 5.75 Å². The molecule has 0 radical (unpaired) electrons. The van der Waals surface area contributed by atoms with Crippen molar-refractivity contribution in [1.29, 1.82) is 0 Å². The Morgan fingerprint density at radius 1 is 1.28 bits per heavy atom. The predicted octanol–water partition coefficient (Wildman–Crippen LogP) is 3.43. The van der Waals surface area contributed by atoms with E-state index in [4.69, 9.17) is 5.73 Å². The first-order chi connectivity index (χ1) is 11.8. The zero-order valence-corrected chi connectivity index (χ0v) is 14.4. The molecule has 1 atom stereocenters. The maximum absolute atomic E-state index is 12.4. The number of ether oxygens (including phenoxy) is 1. The molecule has 1 unspecified atom stereocenters. The number of guanidine groups is 1. The van der Waals surface area contributed by atoms with Gasteiger partial charge in [0.2, 0.25) is 0 Å². The fraction of sp³-hybridized carbons (Fsp3) is 0.588. The quantitative estimate of drug-likeness (QED) is 0.604. The number of anilines is 1. The second-order valence-electron chi connectivity index (χ2n) is 6.36. The number of nitrogens with two attached hydrogens (primary N) is 1. The lowest BCUT2D eigenvalue weighted by atomic mass is 10.1. The van der Waals surface area contributed by atoms with Crippen LogP contribution in [0.15, 0.2) is 29.3 Å². The standard InChI is InChI=1S/C17H25F3N4O/c1-13(12-24-9-5-2-6-10-24)11-22-16(21)23-14-7-3-4-8-15(14)25-17(18,19)20/h3-4,7-8,13H,2,5-6,9-12H2,1H3,(H3,21,22,23). The van der Waals surface area contributed by atoms with Gasteiger partial charge in [0.15, 0.2) is 11.7 Å². The van der Waals surface area contributed by atoms with E-state index in [0.717, 1.165) is 19.6 Å². The number of hydrogen-bond donors (Lipinski definition) is 2. The Labute approximate surface area is 146 Å². The number of alkyl halides is 3. The molecule has 1 aromatic carbocycles. The predicted molar refractivity (Wildman–Crippen MR) is 92.7 cm³/mol. The summed E-state index contributed by atoms with van der Waals surface area (Å²) in [5.41, 5.74) is 5.94. The molecule has 1 saturated heterocycles. The molecule has 2 rings (SSSR count). The lowest BCUT2D eigenvalue weighted by Gasteiger charge is -2.28. The highest BCUT2D eigenvalue weighted by molar-refractivity contribution is 5.93. The molecule has 0 aromatic heterocycles.